The van der Waals surface area contributed by atoms with E-state index in [1.165, 1.54) is 21.3 Å². The summed E-state index contributed by atoms with van der Waals surface area (Å²) < 4.78 is 17.7. The first-order valence-electron chi connectivity index (χ1n) is 8.83. The van der Waals surface area contributed by atoms with Gasteiger partial charge in [-0.2, -0.15) is 5.10 Å². The second-order valence-corrected chi connectivity index (χ2v) is 6.09. The number of hydrogen-bond acceptors (Lipinski definition) is 5. The molecule has 0 saturated heterocycles. The van der Waals surface area contributed by atoms with Crippen LogP contribution in [0.2, 0.25) is 0 Å². The van der Waals surface area contributed by atoms with Crippen LogP contribution in [0, 0.1) is 0 Å². The summed E-state index contributed by atoms with van der Waals surface area (Å²) in [6.07, 6.45) is 4.63. The van der Waals surface area contributed by atoms with E-state index in [0.29, 0.717) is 35.8 Å². The number of aromatic nitrogens is 2. The minimum absolute atomic E-state index is 0.110. The number of nitrogens with one attached hydrogen (secondary N) is 1. The summed E-state index contributed by atoms with van der Waals surface area (Å²) in [5, 5.41) is 7.22. The molecule has 1 N–H and O–H groups in total. The van der Waals surface area contributed by atoms with Gasteiger partial charge in [0.25, 0.3) is 0 Å². The number of para-hydroxylation sites is 1. The van der Waals surface area contributed by atoms with Crippen molar-refractivity contribution in [1.29, 1.82) is 0 Å². The molecule has 0 aliphatic heterocycles. The van der Waals surface area contributed by atoms with Gasteiger partial charge in [0.2, 0.25) is 11.7 Å². The molecule has 1 aromatic heterocycles. The van der Waals surface area contributed by atoms with Crippen molar-refractivity contribution in [3.8, 4) is 22.9 Å². The molecule has 0 spiro atoms. The van der Waals surface area contributed by atoms with E-state index < -0.39 is 0 Å². The van der Waals surface area contributed by atoms with Gasteiger partial charge < -0.3 is 19.5 Å². The second kappa shape index (κ2) is 8.94. The highest BCUT2D eigenvalue weighted by Crippen LogP contribution is 2.39. The number of benzene rings is 2. The molecular formula is C21H23N3O4. The topological polar surface area (TPSA) is 74.6 Å². The van der Waals surface area contributed by atoms with Gasteiger partial charge in [0.05, 0.1) is 33.2 Å². The number of carbonyl (C=O) groups excluding carboxylic acids is 1. The summed E-state index contributed by atoms with van der Waals surface area (Å²) in [4.78, 5) is 12.4. The van der Waals surface area contributed by atoms with Crippen LogP contribution in [0.25, 0.3) is 5.69 Å². The predicted octanol–water partition coefficient (Wildman–Crippen LogP) is 3.47. The monoisotopic (exact) mass is 381 g/mol. The third kappa shape index (κ3) is 4.43. The van der Waals surface area contributed by atoms with Gasteiger partial charge in [-0.3, -0.25) is 4.79 Å². The first-order chi connectivity index (χ1) is 13.6. The Morgan fingerprint density at radius 1 is 1.04 bits per heavy atom. The van der Waals surface area contributed by atoms with Crippen LogP contribution in [0.3, 0.4) is 0 Å². The van der Waals surface area contributed by atoms with E-state index >= 15 is 0 Å². The molecule has 3 aromatic rings. The van der Waals surface area contributed by atoms with Crippen molar-refractivity contribution in [3.05, 3.63) is 60.4 Å². The lowest BCUT2D eigenvalue weighted by atomic mass is 10.2. The van der Waals surface area contributed by atoms with Crippen LogP contribution in [-0.4, -0.2) is 37.0 Å². The van der Waals surface area contributed by atoms with Crippen LogP contribution in [0.5, 0.6) is 17.2 Å². The molecule has 7 nitrogen and oxygen atoms in total. The Labute approximate surface area is 163 Å². The number of nitrogens with zero attached hydrogens (tertiary/aromatic N) is 2. The summed E-state index contributed by atoms with van der Waals surface area (Å²) in [6, 6.07) is 13.2. The zero-order valence-corrected chi connectivity index (χ0v) is 16.1. The van der Waals surface area contributed by atoms with Crippen LogP contribution < -0.4 is 19.5 Å². The van der Waals surface area contributed by atoms with Crippen molar-refractivity contribution in [2.45, 2.75) is 12.8 Å². The van der Waals surface area contributed by atoms with Crippen molar-refractivity contribution in [1.82, 2.24) is 9.78 Å². The molecule has 28 heavy (non-hydrogen) atoms. The summed E-state index contributed by atoms with van der Waals surface area (Å²) in [5.41, 5.74) is 2.55. The summed E-state index contributed by atoms with van der Waals surface area (Å²) >= 11 is 0. The van der Waals surface area contributed by atoms with Gasteiger partial charge >= 0.3 is 0 Å². The SMILES string of the molecule is COc1cc(NC(=O)CCc2cnn(-c3ccccc3)c2)cc(OC)c1OC. The fraction of sp³-hybridized carbons (Fsp3) is 0.238. The van der Waals surface area contributed by atoms with Crippen molar-refractivity contribution in [2.24, 2.45) is 0 Å². The summed E-state index contributed by atoms with van der Waals surface area (Å²) in [5.74, 6) is 1.35. The highest BCUT2D eigenvalue weighted by molar-refractivity contribution is 5.91. The van der Waals surface area contributed by atoms with Crippen molar-refractivity contribution in [3.63, 3.8) is 0 Å². The summed E-state index contributed by atoms with van der Waals surface area (Å²) in [6.45, 7) is 0. The number of rotatable bonds is 8. The van der Waals surface area contributed by atoms with Crippen molar-refractivity contribution < 1.29 is 19.0 Å². The molecule has 0 saturated carbocycles. The number of hydrogen-bond donors (Lipinski definition) is 1. The number of ether oxygens (including phenoxy) is 3. The van der Waals surface area contributed by atoms with E-state index in [9.17, 15) is 4.79 Å². The standard InChI is InChI=1S/C21H23N3O4/c1-26-18-11-16(12-19(27-2)21(18)28-3)23-20(25)10-9-15-13-22-24(14-15)17-7-5-4-6-8-17/h4-8,11-14H,9-10H2,1-3H3,(H,23,25). The molecule has 2 aromatic carbocycles. The van der Waals surface area contributed by atoms with Gasteiger partial charge in [0, 0.05) is 30.4 Å². The Morgan fingerprint density at radius 2 is 1.71 bits per heavy atom. The van der Waals surface area contributed by atoms with E-state index in [-0.39, 0.29) is 5.91 Å². The molecule has 7 heteroatoms. The fourth-order valence-corrected chi connectivity index (χ4v) is 2.85. The van der Waals surface area contributed by atoms with Gasteiger partial charge in [-0.1, -0.05) is 18.2 Å². The van der Waals surface area contributed by atoms with E-state index in [4.69, 9.17) is 14.2 Å². The number of methoxy groups -OCH3 is 3. The van der Waals surface area contributed by atoms with Crippen LogP contribution in [-0.2, 0) is 11.2 Å². The first-order valence-corrected chi connectivity index (χ1v) is 8.83. The van der Waals surface area contributed by atoms with Crippen LogP contribution in [0.1, 0.15) is 12.0 Å². The minimum atomic E-state index is -0.110. The average Bonchev–Trinajstić information content (AvgIpc) is 3.21. The molecule has 1 amide bonds. The Morgan fingerprint density at radius 3 is 2.32 bits per heavy atom. The molecule has 0 radical (unpaired) electrons. The zero-order valence-electron chi connectivity index (χ0n) is 16.1. The Bertz CT molecular complexity index is 913. The Balaban J connectivity index is 1.63. The van der Waals surface area contributed by atoms with E-state index in [1.807, 2.05) is 36.5 Å². The maximum Gasteiger partial charge on any atom is 0.224 e. The first kappa shape index (κ1) is 19.3. The lowest BCUT2D eigenvalue weighted by molar-refractivity contribution is -0.116. The van der Waals surface area contributed by atoms with Crippen LogP contribution in [0.4, 0.5) is 5.69 Å². The van der Waals surface area contributed by atoms with Gasteiger partial charge in [0.15, 0.2) is 11.5 Å². The molecule has 0 aliphatic carbocycles. The van der Waals surface area contributed by atoms with Crippen LogP contribution >= 0.6 is 0 Å². The fourth-order valence-electron chi connectivity index (χ4n) is 2.85. The van der Waals surface area contributed by atoms with Gasteiger partial charge in [-0.25, -0.2) is 4.68 Å². The largest absolute Gasteiger partial charge is 0.493 e. The molecule has 3 rings (SSSR count). The van der Waals surface area contributed by atoms with Gasteiger partial charge in [0.1, 0.15) is 0 Å². The molecular weight excluding hydrogens is 358 g/mol. The van der Waals surface area contributed by atoms with Gasteiger partial charge in [-0.15, -0.1) is 0 Å². The van der Waals surface area contributed by atoms with E-state index in [0.717, 1.165) is 11.3 Å². The molecule has 0 unspecified atom stereocenters. The molecule has 0 aliphatic rings. The molecule has 0 bridgehead atoms. The number of carbonyl (C=O) groups is 1. The molecule has 0 fully saturated rings. The third-order valence-corrected chi connectivity index (χ3v) is 4.25. The molecule has 146 valence electrons. The Kier molecular flexibility index (Phi) is 6.16. The van der Waals surface area contributed by atoms with E-state index in [2.05, 4.69) is 10.4 Å². The number of amides is 1. The predicted molar refractivity (Wildman–Crippen MR) is 107 cm³/mol. The normalized spacial score (nSPS) is 10.4. The number of anilines is 1. The molecule has 0 atom stereocenters. The maximum absolute atomic E-state index is 12.4. The highest BCUT2D eigenvalue weighted by atomic mass is 16.5. The summed E-state index contributed by atoms with van der Waals surface area (Å²) in [7, 11) is 4.61. The molecule has 1 heterocycles. The second-order valence-electron chi connectivity index (χ2n) is 6.09. The number of aryl methyl sites for hydroxylation is 1. The smallest absolute Gasteiger partial charge is 0.224 e. The van der Waals surface area contributed by atoms with Crippen molar-refractivity contribution in [2.75, 3.05) is 26.6 Å². The highest BCUT2D eigenvalue weighted by Gasteiger charge is 2.14. The minimum Gasteiger partial charge on any atom is -0.493 e. The van der Waals surface area contributed by atoms with E-state index in [1.54, 1.807) is 23.0 Å². The Hall–Kier alpha value is -3.48. The van der Waals surface area contributed by atoms with Crippen molar-refractivity contribution >= 4 is 11.6 Å². The van der Waals surface area contributed by atoms with Gasteiger partial charge in [-0.05, 0) is 24.1 Å². The maximum atomic E-state index is 12.4. The zero-order chi connectivity index (χ0) is 19.9. The third-order valence-electron chi connectivity index (χ3n) is 4.25. The lowest BCUT2D eigenvalue weighted by Crippen LogP contribution is -2.12. The van der Waals surface area contributed by atoms with Crippen LogP contribution in [0.15, 0.2) is 54.9 Å². The lowest BCUT2D eigenvalue weighted by Gasteiger charge is -2.14. The average molecular weight is 381 g/mol. The quantitative estimate of drug-likeness (QED) is 0.647.